The van der Waals surface area contributed by atoms with Gasteiger partial charge in [-0.05, 0) is 72.8 Å². The molecule has 6 atom stereocenters. The third-order valence-corrected chi connectivity index (χ3v) is 7.53. The second-order valence-corrected chi connectivity index (χ2v) is 9.67. The molecule has 0 aliphatic heterocycles. The van der Waals surface area contributed by atoms with E-state index >= 15 is 0 Å². The normalized spacial score (nSPS) is 42.6. The van der Waals surface area contributed by atoms with E-state index in [1.807, 2.05) is 0 Å². The molecule has 2 bridgehead atoms. The number of fused-ring (bicyclic) bond motifs is 3. The third kappa shape index (κ3) is 3.05. The maximum Gasteiger partial charge on any atom is 0.303 e. The topological polar surface area (TPSA) is 66.8 Å². The van der Waals surface area contributed by atoms with E-state index in [9.17, 15) is 15.0 Å². The van der Waals surface area contributed by atoms with Gasteiger partial charge in [0.05, 0.1) is 12.2 Å². The quantitative estimate of drug-likeness (QED) is 0.550. The molecule has 0 spiro atoms. The SMILES string of the molecule is C=C1[C@@H](OC(C)=O)CC[C@@]2(C)C[C@H](O)C3=C(C)CC(O)[C@@H](C[C@H]12)C3(C)C. The first-order valence-corrected chi connectivity index (χ1v) is 9.89. The van der Waals surface area contributed by atoms with Gasteiger partial charge in [-0.1, -0.05) is 32.9 Å². The van der Waals surface area contributed by atoms with Gasteiger partial charge in [0.25, 0.3) is 0 Å². The van der Waals surface area contributed by atoms with Crippen LogP contribution < -0.4 is 0 Å². The second-order valence-electron chi connectivity index (χ2n) is 9.67. The Hall–Kier alpha value is -1.13. The predicted molar refractivity (Wildman–Crippen MR) is 101 cm³/mol. The van der Waals surface area contributed by atoms with Crippen molar-refractivity contribution < 1.29 is 19.7 Å². The minimum atomic E-state index is -0.495. The lowest BCUT2D eigenvalue weighted by Gasteiger charge is -2.55. The Labute approximate surface area is 157 Å². The van der Waals surface area contributed by atoms with E-state index in [2.05, 4.69) is 34.3 Å². The maximum atomic E-state index is 11.5. The zero-order valence-electron chi connectivity index (χ0n) is 16.8. The van der Waals surface area contributed by atoms with Crippen LogP contribution in [-0.2, 0) is 9.53 Å². The molecule has 2 saturated carbocycles. The minimum Gasteiger partial charge on any atom is -0.458 e. The first-order valence-electron chi connectivity index (χ1n) is 9.89. The first-order chi connectivity index (χ1) is 12.0. The van der Waals surface area contributed by atoms with E-state index in [4.69, 9.17) is 4.74 Å². The fourth-order valence-electron chi connectivity index (χ4n) is 6.27. The van der Waals surface area contributed by atoms with Crippen molar-refractivity contribution in [1.82, 2.24) is 0 Å². The van der Waals surface area contributed by atoms with Crippen LogP contribution in [0.5, 0.6) is 0 Å². The highest BCUT2D eigenvalue weighted by atomic mass is 16.5. The Morgan fingerprint density at radius 2 is 1.92 bits per heavy atom. The van der Waals surface area contributed by atoms with Crippen molar-refractivity contribution in [3.8, 4) is 0 Å². The van der Waals surface area contributed by atoms with E-state index in [0.29, 0.717) is 12.8 Å². The summed E-state index contributed by atoms with van der Waals surface area (Å²) in [5.74, 6) is -0.0769. The lowest BCUT2D eigenvalue weighted by Crippen LogP contribution is -2.51. The molecule has 3 aliphatic carbocycles. The van der Waals surface area contributed by atoms with E-state index in [0.717, 1.165) is 36.0 Å². The number of ether oxygens (including phenoxy) is 1. The number of carbonyl (C=O) groups is 1. The number of esters is 1. The molecule has 0 amide bonds. The number of hydrogen-bond acceptors (Lipinski definition) is 4. The van der Waals surface area contributed by atoms with Crippen molar-refractivity contribution in [2.45, 2.75) is 85.0 Å². The van der Waals surface area contributed by atoms with Crippen LogP contribution in [0.2, 0.25) is 0 Å². The average Bonchev–Trinajstić information content (AvgIpc) is 2.47. The van der Waals surface area contributed by atoms with Gasteiger partial charge in [0.15, 0.2) is 0 Å². The van der Waals surface area contributed by atoms with Gasteiger partial charge in [-0.25, -0.2) is 0 Å². The second kappa shape index (κ2) is 6.49. The van der Waals surface area contributed by atoms with Gasteiger partial charge in [0.1, 0.15) is 6.10 Å². The lowest BCUT2D eigenvalue weighted by atomic mass is 9.51. The maximum absolute atomic E-state index is 11.5. The van der Waals surface area contributed by atoms with Gasteiger partial charge in [0.2, 0.25) is 0 Å². The summed E-state index contributed by atoms with van der Waals surface area (Å²) < 4.78 is 5.52. The van der Waals surface area contributed by atoms with Crippen molar-refractivity contribution >= 4 is 5.97 Å². The highest BCUT2D eigenvalue weighted by Gasteiger charge is 2.53. The molecule has 1 unspecified atom stereocenters. The van der Waals surface area contributed by atoms with Crippen LogP contribution in [0, 0.1) is 22.7 Å². The Balaban J connectivity index is 2.02. The van der Waals surface area contributed by atoms with Crippen LogP contribution in [0.1, 0.15) is 66.7 Å². The molecule has 2 N–H and O–H groups in total. The highest BCUT2D eigenvalue weighted by Crippen LogP contribution is 2.58. The van der Waals surface area contributed by atoms with Crippen molar-refractivity contribution in [3.05, 3.63) is 23.3 Å². The van der Waals surface area contributed by atoms with E-state index < -0.39 is 12.2 Å². The van der Waals surface area contributed by atoms with Gasteiger partial charge in [-0.3, -0.25) is 4.79 Å². The van der Waals surface area contributed by atoms with E-state index in [1.54, 1.807) is 0 Å². The standard InChI is InChI=1S/C22H34O4/c1-12-9-17(24)16-10-15-13(2)19(26-14(3)23)7-8-22(15,6)11-18(25)20(12)21(16,4)5/h15-19,24-25H,2,7-11H2,1,3-6H3/t15-,16-,17?,18+,19+,22+/m1/s1. The fraction of sp³-hybridized carbons (Fsp3) is 0.773. The van der Waals surface area contributed by atoms with Gasteiger partial charge in [0, 0.05) is 6.92 Å². The molecule has 0 aromatic rings. The Morgan fingerprint density at radius 1 is 1.27 bits per heavy atom. The zero-order valence-corrected chi connectivity index (χ0v) is 16.8. The van der Waals surface area contributed by atoms with Crippen LogP contribution in [0.3, 0.4) is 0 Å². The van der Waals surface area contributed by atoms with Crippen LogP contribution in [0.4, 0.5) is 0 Å². The molecule has 0 aromatic carbocycles. The predicted octanol–water partition coefficient (Wildman–Crippen LogP) is 3.77. The Morgan fingerprint density at radius 3 is 2.54 bits per heavy atom. The lowest BCUT2D eigenvalue weighted by molar-refractivity contribution is -0.147. The molecule has 3 rings (SSSR count). The number of aliphatic hydroxyl groups is 2. The zero-order chi connectivity index (χ0) is 19.4. The van der Waals surface area contributed by atoms with Crippen molar-refractivity contribution in [3.63, 3.8) is 0 Å². The monoisotopic (exact) mass is 362 g/mol. The molecular formula is C22H34O4. The van der Waals surface area contributed by atoms with Gasteiger partial charge < -0.3 is 14.9 Å². The molecular weight excluding hydrogens is 328 g/mol. The number of hydrogen-bond donors (Lipinski definition) is 2. The number of carbonyl (C=O) groups excluding carboxylic acids is 1. The van der Waals surface area contributed by atoms with E-state index in [1.165, 1.54) is 6.92 Å². The summed E-state index contributed by atoms with van der Waals surface area (Å²) in [6.45, 7) is 14.3. The van der Waals surface area contributed by atoms with Crippen LogP contribution in [0.25, 0.3) is 0 Å². The van der Waals surface area contributed by atoms with Crippen molar-refractivity contribution in [1.29, 1.82) is 0 Å². The van der Waals surface area contributed by atoms with Gasteiger partial charge in [-0.15, -0.1) is 0 Å². The van der Waals surface area contributed by atoms with Crippen LogP contribution >= 0.6 is 0 Å². The number of rotatable bonds is 1. The highest BCUT2D eigenvalue weighted by molar-refractivity contribution is 5.66. The third-order valence-electron chi connectivity index (χ3n) is 7.53. The minimum absolute atomic E-state index is 0.0632. The Bertz CT molecular complexity index is 647. The van der Waals surface area contributed by atoms with Crippen LogP contribution in [-0.4, -0.2) is 34.5 Å². The summed E-state index contributed by atoms with van der Waals surface area (Å²) in [6.07, 6.45) is 2.64. The largest absolute Gasteiger partial charge is 0.458 e. The van der Waals surface area contributed by atoms with Crippen molar-refractivity contribution in [2.75, 3.05) is 0 Å². The summed E-state index contributed by atoms with van der Waals surface area (Å²) in [5, 5.41) is 22.0. The van der Waals surface area contributed by atoms with E-state index in [-0.39, 0.29) is 34.7 Å². The molecule has 3 aliphatic rings. The molecule has 0 saturated heterocycles. The molecule has 146 valence electrons. The number of aliphatic hydroxyl groups excluding tert-OH is 2. The summed E-state index contributed by atoms with van der Waals surface area (Å²) in [6, 6.07) is 0. The smallest absolute Gasteiger partial charge is 0.303 e. The summed E-state index contributed by atoms with van der Waals surface area (Å²) >= 11 is 0. The summed E-state index contributed by atoms with van der Waals surface area (Å²) in [5.41, 5.74) is 2.88. The molecule has 0 heterocycles. The molecule has 4 nitrogen and oxygen atoms in total. The molecule has 0 radical (unpaired) electrons. The Kier molecular flexibility index (Phi) is 4.90. The molecule has 0 aromatic heterocycles. The van der Waals surface area contributed by atoms with Crippen LogP contribution in [0.15, 0.2) is 23.3 Å². The summed E-state index contributed by atoms with van der Waals surface area (Å²) in [7, 11) is 0. The summed E-state index contributed by atoms with van der Waals surface area (Å²) in [4.78, 5) is 11.5. The molecule has 26 heavy (non-hydrogen) atoms. The van der Waals surface area contributed by atoms with Crippen molar-refractivity contribution in [2.24, 2.45) is 22.7 Å². The fourth-order valence-corrected chi connectivity index (χ4v) is 6.27. The first kappa shape index (κ1) is 19.6. The average molecular weight is 363 g/mol. The molecule has 2 fully saturated rings. The van der Waals surface area contributed by atoms with Gasteiger partial charge in [-0.2, -0.15) is 0 Å². The van der Waals surface area contributed by atoms with Gasteiger partial charge >= 0.3 is 5.97 Å². The molecule has 4 heteroatoms.